The quantitative estimate of drug-likeness (QED) is 0.804. The minimum atomic E-state index is -0.135. The normalized spacial score (nSPS) is 10.4. The maximum atomic E-state index is 9.64. The molecular formula is C18H14N2O2. The maximum absolute atomic E-state index is 9.64. The summed E-state index contributed by atoms with van der Waals surface area (Å²) >= 11 is 0. The van der Waals surface area contributed by atoms with Gasteiger partial charge in [0.15, 0.2) is 0 Å². The molecule has 0 aliphatic heterocycles. The fraction of sp³-hybridized carbons (Fsp3) is 0.111. The van der Waals surface area contributed by atoms with Gasteiger partial charge in [0, 0.05) is 11.5 Å². The molecule has 0 aliphatic carbocycles. The molecule has 108 valence electrons. The van der Waals surface area contributed by atoms with E-state index in [9.17, 15) is 5.11 Å². The van der Waals surface area contributed by atoms with Crippen LogP contribution in [0.1, 0.15) is 11.1 Å². The molecule has 1 aromatic heterocycles. The molecule has 0 saturated carbocycles. The molecule has 1 N–H and O–H groups in total. The molecule has 3 rings (SSSR count). The molecule has 4 nitrogen and oxygen atoms in total. The summed E-state index contributed by atoms with van der Waals surface area (Å²) in [6, 6.07) is 17.0. The Balaban J connectivity index is 2.32. The second-order valence-electron chi connectivity index (χ2n) is 4.87. The van der Waals surface area contributed by atoms with Crippen LogP contribution < -0.4 is 4.74 Å². The summed E-state index contributed by atoms with van der Waals surface area (Å²) in [4.78, 5) is 4.43. The molecule has 2 aromatic carbocycles. The van der Waals surface area contributed by atoms with Gasteiger partial charge in [-0.1, -0.05) is 24.3 Å². The van der Waals surface area contributed by atoms with Gasteiger partial charge < -0.3 is 9.84 Å². The topological polar surface area (TPSA) is 66.1 Å². The van der Waals surface area contributed by atoms with Gasteiger partial charge in [-0.05, 0) is 34.9 Å². The van der Waals surface area contributed by atoms with E-state index >= 15 is 0 Å². The van der Waals surface area contributed by atoms with E-state index in [-0.39, 0.29) is 6.61 Å². The number of pyridine rings is 1. The molecule has 0 amide bonds. The highest BCUT2D eigenvalue weighted by atomic mass is 16.5. The Kier molecular flexibility index (Phi) is 3.73. The van der Waals surface area contributed by atoms with Gasteiger partial charge >= 0.3 is 0 Å². The molecular weight excluding hydrogens is 276 g/mol. The standard InChI is InChI=1S/C18H14N2O2/c1-22-18-9-16(15-4-2-3-5-17(15)20-18)14-7-6-12(10-19)8-13(14)11-21/h2-9,21H,11H2,1H3. The van der Waals surface area contributed by atoms with Crippen molar-refractivity contribution in [3.8, 4) is 23.1 Å². The van der Waals surface area contributed by atoms with Crippen LogP contribution in [-0.2, 0) is 6.61 Å². The molecule has 0 fully saturated rings. The average Bonchev–Trinajstić information content (AvgIpc) is 2.60. The first-order chi connectivity index (χ1) is 10.8. The Morgan fingerprint density at radius 3 is 2.68 bits per heavy atom. The van der Waals surface area contributed by atoms with Crippen molar-refractivity contribution < 1.29 is 9.84 Å². The van der Waals surface area contributed by atoms with Crippen molar-refractivity contribution in [2.75, 3.05) is 7.11 Å². The van der Waals surface area contributed by atoms with E-state index < -0.39 is 0 Å². The molecule has 22 heavy (non-hydrogen) atoms. The van der Waals surface area contributed by atoms with Crippen molar-refractivity contribution in [2.45, 2.75) is 6.61 Å². The molecule has 0 saturated heterocycles. The molecule has 0 bridgehead atoms. The maximum Gasteiger partial charge on any atom is 0.214 e. The predicted octanol–water partition coefficient (Wildman–Crippen LogP) is 3.27. The van der Waals surface area contributed by atoms with Crippen molar-refractivity contribution in [1.29, 1.82) is 5.26 Å². The summed E-state index contributed by atoms with van der Waals surface area (Å²) in [5, 5.41) is 19.6. The van der Waals surface area contributed by atoms with Crippen molar-refractivity contribution in [3.05, 3.63) is 59.7 Å². The van der Waals surface area contributed by atoms with Gasteiger partial charge in [-0.15, -0.1) is 0 Å². The predicted molar refractivity (Wildman–Crippen MR) is 84.4 cm³/mol. The number of nitriles is 1. The summed E-state index contributed by atoms with van der Waals surface area (Å²) in [7, 11) is 1.58. The molecule has 4 heteroatoms. The van der Waals surface area contributed by atoms with E-state index in [1.54, 1.807) is 19.2 Å². The smallest absolute Gasteiger partial charge is 0.214 e. The van der Waals surface area contributed by atoms with Gasteiger partial charge in [0.1, 0.15) is 0 Å². The monoisotopic (exact) mass is 290 g/mol. The fourth-order valence-electron chi connectivity index (χ4n) is 2.54. The largest absolute Gasteiger partial charge is 0.481 e. The number of hydrogen-bond donors (Lipinski definition) is 1. The minimum absolute atomic E-state index is 0.135. The lowest BCUT2D eigenvalue weighted by Gasteiger charge is -2.12. The lowest BCUT2D eigenvalue weighted by Crippen LogP contribution is -1.95. The first-order valence-electron chi connectivity index (χ1n) is 6.85. The Bertz CT molecular complexity index is 882. The Hall–Kier alpha value is -2.90. The second-order valence-corrected chi connectivity index (χ2v) is 4.87. The van der Waals surface area contributed by atoms with Gasteiger partial charge in [0.2, 0.25) is 5.88 Å². The van der Waals surface area contributed by atoms with Crippen molar-refractivity contribution in [2.24, 2.45) is 0 Å². The number of fused-ring (bicyclic) bond motifs is 1. The number of rotatable bonds is 3. The lowest BCUT2D eigenvalue weighted by molar-refractivity contribution is 0.282. The van der Waals surface area contributed by atoms with E-state index in [1.807, 2.05) is 36.4 Å². The summed E-state index contributed by atoms with van der Waals surface area (Å²) in [5.41, 5.74) is 3.86. The Morgan fingerprint density at radius 2 is 1.95 bits per heavy atom. The molecule has 1 heterocycles. The van der Waals surface area contributed by atoms with Crippen LogP contribution in [0.3, 0.4) is 0 Å². The summed E-state index contributed by atoms with van der Waals surface area (Å²) in [6.07, 6.45) is 0. The lowest BCUT2D eigenvalue weighted by atomic mass is 9.95. The zero-order chi connectivity index (χ0) is 15.5. The van der Waals surface area contributed by atoms with E-state index in [4.69, 9.17) is 10.00 Å². The third kappa shape index (κ3) is 2.39. The highest BCUT2D eigenvalue weighted by molar-refractivity contribution is 5.96. The first-order valence-corrected chi connectivity index (χ1v) is 6.85. The molecule has 3 aromatic rings. The van der Waals surface area contributed by atoms with Crippen molar-refractivity contribution >= 4 is 10.9 Å². The fourth-order valence-corrected chi connectivity index (χ4v) is 2.54. The van der Waals surface area contributed by atoms with Crippen LogP contribution in [0.25, 0.3) is 22.0 Å². The summed E-state index contributed by atoms with van der Waals surface area (Å²) in [5.74, 6) is 0.516. The van der Waals surface area contributed by atoms with Crippen LogP contribution in [0.4, 0.5) is 0 Å². The highest BCUT2D eigenvalue weighted by Crippen LogP contribution is 2.33. The van der Waals surface area contributed by atoms with Crippen LogP contribution in [0.5, 0.6) is 5.88 Å². The third-order valence-electron chi connectivity index (χ3n) is 3.60. The number of para-hydroxylation sites is 1. The Morgan fingerprint density at radius 1 is 1.14 bits per heavy atom. The number of ether oxygens (including phenoxy) is 1. The van der Waals surface area contributed by atoms with Gasteiger partial charge in [-0.3, -0.25) is 0 Å². The summed E-state index contributed by atoms with van der Waals surface area (Å²) in [6.45, 7) is -0.135. The van der Waals surface area contributed by atoms with Gasteiger partial charge in [-0.25, -0.2) is 4.98 Å². The first kappa shape index (κ1) is 14.1. The van der Waals surface area contributed by atoms with Crippen molar-refractivity contribution in [3.63, 3.8) is 0 Å². The van der Waals surface area contributed by atoms with Crippen molar-refractivity contribution in [1.82, 2.24) is 4.98 Å². The molecule has 0 atom stereocenters. The van der Waals surface area contributed by atoms with Gasteiger partial charge in [-0.2, -0.15) is 5.26 Å². The van der Waals surface area contributed by atoms with Gasteiger partial charge in [0.25, 0.3) is 0 Å². The van der Waals surface area contributed by atoms with E-state index in [1.165, 1.54) is 0 Å². The minimum Gasteiger partial charge on any atom is -0.481 e. The van der Waals surface area contributed by atoms with E-state index in [2.05, 4.69) is 11.1 Å². The van der Waals surface area contributed by atoms with Crippen LogP contribution in [0.15, 0.2) is 48.5 Å². The average molecular weight is 290 g/mol. The number of aliphatic hydroxyl groups excluding tert-OH is 1. The van der Waals surface area contributed by atoms with E-state index in [0.29, 0.717) is 17.0 Å². The number of hydrogen-bond acceptors (Lipinski definition) is 4. The van der Waals surface area contributed by atoms with Gasteiger partial charge in [0.05, 0.1) is 30.9 Å². The number of benzene rings is 2. The van der Waals surface area contributed by atoms with E-state index in [0.717, 1.165) is 22.0 Å². The van der Waals surface area contributed by atoms with Crippen LogP contribution in [-0.4, -0.2) is 17.2 Å². The number of aliphatic hydroxyl groups is 1. The molecule has 0 radical (unpaired) electrons. The van der Waals surface area contributed by atoms with Crippen LogP contribution >= 0.6 is 0 Å². The highest BCUT2D eigenvalue weighted by Gasteiger charge is 2.12. The zero-order valence-corrected chi connectivity index (χ0v) is 12.1. The molecule has 0 aliphatic rings. The number of nitrogens with zero attached hydrogens (tertiary/aromatic N) is 2. The zero-order valence-electron chi connectivity index (χ0n) is 12.1. The Labute approximate surface area is 128 Å². The number of methoxy groups -OCH3 is 1. The molecule has 0 unspecified atom stereocenters. The van der Waals surface area contributed by atoms with Crippen LogP contribution in [0, 0.1) is 11.3 Å². The number of aromatic nitrogens is 1. The molecule has 0 spiro atoms. The van der Waals surface area contributed by atoms with Crippen LogP contribution in [0.2, 0.25) is 0 Å². The summed E-state index contributed by atoms with van der Waals surface area (Å²) < 4.78 is 5.28. The third-order valence-corrected chi connectivity index (χ3v) is 3.60. The SMILES string of the molecule is COc1cc(-c2ccc(C#N)cc2CO)c2ccccc2n1. The second kappa shape index (κ2) is 5.84.